The minimum Gasteiger partial charge on any atom is -0.338 e. The SMILES string of the molecule is C=CCCCCCCCCCCCCCCCCCNC(=O)NCCCCCCCCCCCCCCCCCC. The lowest BCUT2D eigenvalue weighted by Crippen LogP contribution is -2.36. The normalized spacial score (nSPS) is 11.1. The first-order chi connectivity index (χ1) is 20.3. The van der Waals surface area contributed by atoms with E-state index < -0.39 is 0 Å². The van der Waals surface area contributed by atoms with Crippen LogP contribution < -0.4 is 10.6 Å². The number of hydrogen-bond donors (Lipinski definition) is 2. The molecule has 0 aliphatic carbocycles. The van der Waals surface area contributed by atoms with E-state index in [0.29, 0.717) is 0 Å². The molecule has 0 bridgehead atoms. The van der Waals surface area contributed by atoms with E-state index in [4.69, 9.17) is 0 Å². The van der Waals surface area contributed by atoms with E-state index in [2.05, 4.69) is 24.1 Å². The van der Waals surface area contributed by atoms with Crippen LogP contribution in [-0.2, 0) is 0 Å². The third-order valence-electron chi connectivity index (χ3n) is 8.69. The highest BCUT2D eigenvalue weighted by molar-refractivity contribution is 5.73. The molecule has 0 spiro atoms. The third-order valence-corrected chi connectivity index (χ3v) is 8.69. The van der Waals surface area contributed by atoms with E-state index in [0.717, 1.165) is 25.9 Å². The molecule has 0 aliphatic heterocycles. The van der Waals surface area contributed by atoms with E-state index in [9.17, 15) is 4.79 Å². The van der Waals surface area contributed by atoms with Gasteiger partial charge >= 0.3 is 6.03 Å². The van der Waals surface area contributed by atoms with Gasteiger partial charge < -0.3 is 10.6 Å². The zero-order valence-electron chi connectivity index (χ0n) is 28.2. The van der Waals surface area contributed by atoms with Gasteiger partial charge in [-0.15, -0.1) is 6.58 Å². The molecule has 0 fully saturated rings. The molecular weight excluding hydrogens is 500 g/mol. The van der Waals surface area contributed by atoms with Crippen molar-refractivity contribution in [2.24, 2.45) is 0 Å². The van der Waals surface area contributed by atoms with Crippen LogP contribution >= 0.6 is 0 Å². The molecule has 3 nitrogen and oxygen atoms in total. The molecule has 0 aromatic heterocycles. The van der Waals surface area contributed by atoms with Crippen molar-refractivity contribution >= 4 is 6.03 Å². The van der Waals surface area contributed by atoms with Crippen molar-refractivity contribution in [1.29, 1.82) is 0 Å². The number of carbonyl (C=O) groups is 1. The van der Waals surface area contributed by atoms with Crippen molar-refractivity contribution < 1.29 is 4.79 Å². The summed E-state index contributed by atoms with van der Waals surface area (Å²) in [5.74, 6) is 0. The number of unbranched alkanes of at least 4 members (excludes halogenated alkanes) is 30. The molecule has 0 unspecified atom stereocenters. The molecule has 244 valence electrons. The molecule has 0 saturated carbocycles. The van der Waals surface area contributed by atoms with Crippen LogP contribution in [0.1, 0.15) is 212 Å². The fourth-order valence-electron chi connectivity index (χ4n) is 5.85. The highest BCUT2D eigenvalue weighted by Crippen LogP contribution is 2.15. The Bertz CT molecular complexity index is 507. The van der Waals surface area contributed by atoms with Crippen LogP contribution in [0.2, 0.25) is 0 Å². The Morgan fingerprint density at radius 3 is 0.927 bits per heavy atom. The topological polar surface area (TPSA) is 41.1 Å². The molecule has 41 heavy (non-hydrogen) atoms. The molecule has 2 amide bonds. The van der Waals surface area contributed by atoms with Crippen LogP contribution in [0.3, 0.4) is 0 Å². The van der Waals surface area contributed by atoms with Gasteiger partial charge in [0.2, 0.25) is 0 Å². The largest absolute Gasteiger partial charge is 0.338 e. The number of hydrogen-bond acceptors (Lipinski definition) is 1. The maximum Gasteiger partial charge on any atom is 0.314 e. The Hall–Kier alpha value is -0.990. The highest BCUT2D eigenvalue weighted by Gasteiger charge is 2.00. The lowest BCUT2D eigenvalue weighted by Gasteiger charge is -2.08. The summed E-state index contributed by atoms with van der Waals surface area (Å²) in [5, 5.41) is 6.07. The van der Waals surface area contributed by atoms with E-state index in [1.54, 1.807) is 0 Å². The van der Waals surface area contributed by atoms with Crippen molar-refractivity contribution in [3.05, 3.63) is 12.7 Å². The first-order valence-electron chi connectivity index (χ1n) is 18.9. The summed E-state index contributed by atoms with van der Waals surface area (Å²) in [5.41, 5.74) is 0. The molecule has 0 saturated heterocycles. The summed E-state index contributed by atoms with van der Waals surface area (Å²) >= 11 is 0. The van der Waals surface area contributed by atoms with Crippen LogP contribution in [0, 0.1) is 0 Å². The second-order valence-corrected chi connectivity index (χ2v) is 12.9. The van der Waals surface area contributed by atoms with Gasteiger partial charge in [0, 0.05) is 13.1 Å². The van der Waals surface area contributed by atoms with Gasteiger partial charge in [0.05, 0.1) is 0 Å². The van der Waals surface area contributed by atoms with E-state index >= 15 is 0 Å². The molecule has 0 heterocycles. The summed E-state index contributed by atoms with van der Waals surface area (Å²) in [6.45, 7) is 7.72. The molecule has 0 rings (SSSR count). The van der Waals surface area contributed by atoms with Crippen LogP contribution in [0.15, 0.2) is 12.7 Å². The predicted octanol–water partition coefficient (Wildman–Crippen LogP) is 13.0. The molecular formula is C38H76N2O. The molecule has 2 N–H and O–H groups in total. The van der Waals surface area contributed by atoms with E-state index in [-0.39, 0.29) is 6.03 Å². The Morgan fingerprint density at radius 1 is 0.415 bits per heavy atom. The summed E-state index contributed by atoms with van der Waals surface area (Å²) in [7, 11) is 0. The van der Waals surface area contributed by atoms with Gasteiger partial charge in [-0.05, 0) is 25.7 Å². The fraction of sp³-hybridized carbons (Fsp3) is 0.921. The van der Waals surface area contributed by atoms with Gasteiger partial charge in [-0.1, -0.05) is 193 Å². The molecule has 0 aliphatic rings. The minimum absolute atomic E-state index is 0.0265. The lowest BCUT2D eigenvalue weighted by molar-refractivity contribution is 0.240. The summed E-state index contributed by atoms with van der Waals surface area (Å²) in [6, 6.07) is 0.0265. The number of nitrogens with one attached hydrogen (secondary N) is 2. The Morgan fingerprint density at radius 2 is 0.659 bits per heavy atom. The van der Waals surface area contributed by atoms with Crippen molar-refractivity contribution in [2.75, 3.05) is 13.1 Å². The molecule has 0 aromatic rings. The Labute approximate surface area is 259 Å². The lowest BCUT2D eigenvalue weighted by atomic mass is 10.0. The maximum absolute atomic E-state index is 11.9. The van der Waals surface area contributed by atoms with Crippen molar-refractivity contribution in [1.82, 2.24) is 10.6 Å². The molecule has 0 radical (unpaired) electrons. The second kappa shape index (κ2) is 37.0. The zero-order valence-corrected chi connectivity index (χ0v) is 28.2. The monoisotopic (exact) mass is 577 g/mol. The third kappa shape index (κ3) is 37.0. The standard InChI is InChI=1S/C38H76N2O/c1-3-5-7-9-11-13-15-17-19-21-23-25-27-29-31-33-35-37-40-38(41)39-36-34-32-30-28-26-24-22-20-18-16-14-12-10-8-6-4-2/h3H,1,4-37H2,2H3,(H2,39,40,41). The van der Waals surface area contributed by atoms with Gasteiger partial charge in [-0.3, -0.25) is 0 Å². The number of allylic oxidation sites excluding steroid dienone is 1. The number of urea groups is 1. The molecule has 0 aromatic carbocycles. The number of carbonyl (C=O) groups excluding carboxylic acids is 1. The quantitative estimate of drug-likeness (QED) is 0.0571. The van der Waals surface area contributed by atoms with Crippen molar-refractivity contribution in [3.63, 3.8) is 0 Å². The van der Waals surface area contributed by atoms with E-state index in [1.807, 2.05) is 6.08 Å². The Balaban J connectivity index is 3.14. The fourth-order valence-corrected chi connectivity index (χ4v) is 5.85. The van der Waals surface area contributed by atoms with Gasteiger partial charge in [-0.2, -0.15) is 0 Å². The first kappa shape index (κ1) is 40.0. The van der Waals surface area contributed by atoms with Gasteiger partial charge in [0.15, 0.2) is 0 Å². The first-order valence-corrected chi connectivity index (χ1v) is 18.9. The van der Waals surface area contributed by atoms with Gasteiger partial charge in [0.1, 0.15) is 0 Å². The second-order valence-electron chi connectivity index (χ2n) is 12.9. The van der Waals surface area contributed by atoms with Gasteiger partial charge in [-0.25, -0.2) is 4.79 Å². The summed E-state index contributed by atoms with van der Waals surface area (Å²) in [4.78, 5) is 11.9. The summed E-state index contributed by atoms with van der Waals surface area (Å²) in [6.07, 6.45) is 45.9. The van der Waals surface area contributed by atoms with Crippen molar-refractivity contribution in [2.45, 2.75) is 212 Å². The number of rotatable bonds is 35. The van der Waals surface area contributed by atoms with Crippen LogP contribution in [0.4, 0.5) is 4.79 Å². The smallest absolute Gasteiger partial charge is 0.314 e. The summed E-state index contributed by atoms with van der Waals surface area (Å²) < 4.78 is 0. The van der Waals surface area contributed by atoms with Crippen LogP contribution in [0.25, 0.3) is 0 Å². The average molecular weight is 577 g/mol. The van der Waals surface area contributed by atoms with E-state index in [1.165, 1.54) is 193 Å². The average Bonchev–Trinajstić information content (AvgIpc) is 2.98. The van der Waals surface area contributed by atoms with Crippen LogP contribution in [-0.4, -0.2) is 19.1 Å². The van der Waals surface area contributed by atoms with Crippen molar-refractivity contribution in [3.8, 4) is 0 Å². The zero-order chi connectivity index (χ0) is 29.7. The van der Waals surface area contributed by atoms with Gasteiger partial charge in [0.25, 0.3) is 0 Å². The molecule has 0 atom stereocenters. The molecule has 3 heteroatoms. The Kier molecular flexibility index (Phi) is 36.1. The number of amides is 2. The minimum atomic E-state index is 0.0265. The predicted molar refractivity (Wildman–Crippen MR) is 185 cm³/mol. The maximum atomic E-state index is 11.9. The van der Waals surface area contributed by atoms with Crippen LogP contribution in [0.5, 0.6) is 0 Å². The highest BCUT2D eigenvalue weighted by atomic mass is 16.2.